The van der Waals surface area contributed by atoms with Crippen LogP contribution in [0.15, 0.2) is 24.3 Å². The van der Waals surface area contributed by atoms with Crippen molar-refractivity contribution in [1.82, 2.24) is 9.80 Å². The smallest absolute Gasteiger partial charge is 0.260 e. The highest BCUT2D eigenvalue weighted by atomic mass is 16.5. The van der Waals surface area contributed by atoms with Gasteiger partial charge in [0.15, 0.2) is 6.61 Å². The minimum atomic E-state index is -0.0707. The van der Waals surface area contributed by atoms with Gasteiger partial charge in [-0.15, -0.1) is 0 Å². The normalized spacial score (nSPS) is 14.8. The molecule has 0 bridgehead atoms. The molecule has 0 radical (unpaired) electrons. The van der Waals surface area contributed by atoms with Crippen molar-refractivity contribution in [3.05, 3.63) is 29.8 Å². The average Bonchev–Trinajstić information content (AvgIpc) is 2.85. The van der Waals surface area contributed by atoms with Crippen LogP contribution in [0.2, 0.25) is 0 Å². The van der Waals surface area contributed by atoms with Gasteiger partial charge >= 0.3 is 0 Å². The lowest BCUT2D eigenvalue weighted by atomic mass is 10.2. The second-order valence-corrected chi connectivity index (χ2v) is 6.42. The minimum Gasteiger partial charge on any atom is -0.484 e. The number of carbonyl (C=O) groups excluding carboxylic acids is 3. The molecule has 0 spiro atoms. The van der Waals surface area contributed by atoms with Crippen molar-refractivity contribution < 1.29 is 19.1 Å². The van der Waals surface area contributed by atoms with Gasteiger partial charge in [-0.3, -0.25) is 9.59 Å². The Bertz CT molecular complexity index is 612. The Kier molecular flexibility index (Phi) is 6.98. The van der Waals surface area contributed by atoms with E-state index in [2.05, 4.69) is 0 Å². The Hall–Kier alpha value is -2.37. The summed E-state index contributed by atoms with van der Waals surface area (Å²) < 4.78 is 5.55. The van der Waals surface area contributed by atoms with Crippen LogP contribution in [0.5, 0.6) is 5.75 Å². The topological polar surface area (TPSA) is 66.9 Å². The van der Waals surface area contributed by atoms with Crippen LogP contribution in [0.3, 0.4) is 0 Å². The predicted octanol–water partition coefficient (Wildman–Crippen LogP) is 1.80. The lowest BCUT2D eigenvalue weighted by molar-refractivity contribution is -0.135. The maximum absolute atomic E-state index is 12.3. The number of hydrogen-bond donors (Lipinski definition) is 0. The van der Waals surface area contributed by atoms with Crippen molar-refractivity contribution in [3.63, 3.8) is 0 Å². The van der Waals surface area contributed by atoms with E-state index in [0.29, 0.717) is 31.9 Å². The molecule has 0 saturated carbocycles. The summed E-state index contributed by atoms with van der Waals surface area (Å²) in [6, 6.07) is 7.58. The first-order valence-corrected chi connectivity index (χ1v) is 8.70. The molecule has 2 amide bonds. The molecular formula is C19H26N2O4. The predicted molar refractivity (Wildman–Crippen MR) is 94.4 cm³/mol. The highest BCUT2D eigenvalue weighted by molar-refractivity contribution is 5.83. The third kappa shape index (κ3) is 6.21. The van der Waals surface area contributed by atoms with E-state index in [-0.39, 0.29) is 37.0 Å². The van der Waals surface area contributed by atoms with Crippen LogP contribution in [0.1, 0.15) is 31.7 Å². The molecule has 1 heterocycles. The fourth-order valence-electron chi connectivity index (χ4n) is 2.73. The van der Waals surface area contributed by atoms with E-state index in [1.807, 2.05) is 31.2 Å². The first kappa shape index (κ1) is 19.0. The standard InChI is InChI=1S/C19H26N2O4/c1-15-4-7-17(8-5-15)25-14-19(24)21-11-3-10-20(12-13-21)18(23)9-6-16(2)22/h4-5,7-8H,3,6,9-14H2,1-2H3. The van der Waals surface area contributed by atoms with Gasteiger partial charge < -0.3 is 19.3 Å². The van der Waals surface area contributed by atoms with Gasteiger partial charge in [-0.25, -0.2) is 0 Å². The van der Waals surface area contributed by atoms with Crippen LogP contribution >= 0.6 is 0 Å². The van der Waals surface area contributed by atoms with Crippen LogP contribution in [-0.2, 0) is 14.4 Å². The van der Waals surface area contributed by atoms with E-state index >= 15 is 0 Å². The Morgan fingerprint density at radius 2 is 1.52 bits per heavy atom. The first-order valence-electron chi connectivity index (χ1n) is 8.70. The maximum atomic E-state index is 12.3. The first-order chi connectivity index (χ1) is 12.0. The number of rotatable bonds is 6. The van der Waals surface area contributed by atoms with E-state index in [1.165, 1.54) is 6.92 Å². The van der Waals surface area contributed by atoms with E-state index in [9.17, 15) is 14.4 Å². The van der Waals surface area contributed by atoms with Gasteiger partial charge in [-0.05, 0) is 32.4 Å². The largest absolute Gasteiger partial charge is 0.484 e. The lowest BCUT2D eigenvalue weighted by Crippen LogP contribution is -2.39. The molecule has 0 unspecified atom stereocenters. The molecule has 1 fully saturated rings. The van der Waals surface area contributed by atoms with Crippen molar-refractivity contribution in [2.24, 2.45) is 0 Å². The monoisotopic (exact) mass is 346 g/mol. The van der Waals surface area contributed by atoms with Gasteiger partial charge in [-0.2, -0.15) is 0 Å². The van der Waals surface area contributed by atoms with Crippen molar-refractivity contribution >= 4 is 17.6 Å². The fraction of sp³-hybridized carbons (Fsp3) is 0.526. The molecule has 6 heteroatoms. The second-order valence-electron chi connectivity index (χ2n) is 6.42. The van der Waals surface area contributed by atoms with E-state index in [1.54, 1.807) is 9.80 Å². The molecule has 136 valence electrons. The Morgan fingerprint density at radius 1 is 0.920 bits per heavy atom. The Labute approximate surface area is 148 Å². The van der Waals surface area contributed by atoms with Crippen LogP contribution in [0.25, 0.3) is 0 Å². The highest BCUT2D eigenvalue weighted by Crippen LogP contribution is 2.12. The summed E-state index contributed by atoms with van der Waals surface area (Å²) in [7, 11) is 0. The molecule has 1 aliphatic heterocycles. The maximum Gasteiger partial charge on any atom is 0.260 e. The number of amides is 2. The van der Waals surface area contributed by atoms with E-state index < -0.39 is 0 Å². The molecule has 0 aliphatic carbocycles. The van der Waals surface area contributed by atoms with Gasteiger partial charge in [0, 0.05) is 39.0 Å². The number of Topliss-reactive ketones (excluding diaryl/α,β-unsaturated/α-hetero) is 1. The highest BCUT2D eigenvalue weighted by Gasteiger charge is 2.22. The minimum absolute atomic E-state index is 0.00133. The molecule has 0 aromatic heterocycles. The van der Waals surface area contributed by atoms with Gasteiger partial charge in [0.25, 0.3) is 5.91 Å². The Balaban J connectivity index is 1.79. The molecule has 0 N–H and O–H groups in total. The number of ether oxygens (including phenoxy) is 1. The van der Waals surface area contributed by atoms with E-state index in [0.717, 1.165) is 12.0 Å². The SMILES string of the molecule is CC(=O)CCC(=O)N1CCCN(C(=O)COc2ccc(C)cc2)CC1. The Morgan fingerprint density at radius 3 is 2.12 bits per heavy atom. The van der Waals surface area contributed by atoms with Crippen LogP contribution in [0.4, 0.5) is 0 Å². The van der Waals surface area contributed by atoms with Crippen LogP contribution < -0.4 is 4.74 Å². The number of benzene rings is 1. The van der Waals surface area contributed by atoms with Crippen molar-refractivity contribution in [1.29, 1.82) is 0 Å². The number of aryl methyl sites for hydroxylation is 1. The van der Waals surface area contributed by atoms with Crippen LogP contribution in [-0.4, -0.2) is 60.2 Å². The number of carbonyl (C=O) groups is 3. The molecule has 0 atom stereocenters. The quantitative estimate of drug-likeness (QED) is 0.788. The summed E-state index contributed by atoms with van der Waals surface area (Å²) in [5, 5.41) is 0. The summed E-state index contributed by atoms with van der Waals surface area (Å²) in [5.74, 6) is 0.613. The molecule has 2 rings (SSSR count). The summed E-state index contributed by atoms with van der Waals surface area (Å²) >= 11 is 0. The van der Waals surface area contributed by atoms with Gasteiger partial charge in [0.1, 0.15) is 11.5 Å². The molecule has 1 aromatic carbocycles. The third-order valence-corrected chi connectivity index (χ3v) is 4.28. The number of ketones is 1. The van der Waals surface area contributed by atoms with E-state index in [4.69, 9.17) is 4.74 Å². The van der Waals surface area contributed by atoms with Gasteiger partial charge in [0.2, 0.25) is 5.91 Å². The average molecular weight is 346 g/mol. The zero-order valence-corrected chi connectivity index (χ0v) is 15.0. The summed E-state index contributed by atoms with van der Waals surface area (Å²) in [5.41, 5.74) is 1.14. The third-order valence-electron chi connectivity index (χ3n) is 4.28. The fourth-order valence-corrected chi connectivity index (χ4v) is 2.73. The zero-order valence-electron chi connectivity index (χ0n) is 15.0. The molecule has 1 saturated heterocycles. The molecule has 25 heavy (non-hydrogen) atoms. The molecule has 6 nitrogen and oxygen atoms in total. The molecule has 1 aliphatic rings. The van der Waals surface area contributed by atoms with Gasteiger partial charge in [-0.1, -0.05) is 17.7 Å². The van der Waals surface area contributed by atoms with Crippen molar-refractivity contribution in [2.45, 2.75) is 33.1 Å². The zero-order chi connectivity index (χ0) is 18.2. The van der Waals surface area contributed by atoms with Crippen molar-refractivity contribution in [3.8, 4) is 5.75 Å². The van der Waals surface area contributed by atoms with Crippen LogP contribution in [0, 0.1) is 6.92 Å². The van der Waals surface area contributed by atoms with Crippen molar-refractivity contribution in [2.75, 3.05) is 32.8 Å². The molecule has 1 aromatic rings. The second kappa shape index (κ2) is 9.20. The summed E-state index contributed by atoms with van der Waals surface area (Å²) in [6.45, 7) is 5.74. The summed E-state index contributed by atoms with van der Waals surface area (Å²) in [4.78, 5) is 39.0. The summed E-state index contributed by atoms with van der Waals surface area (Å²) in [6.07, 6.45) is 1.27. The lowest BCUT2D eigenvalue weighted by Gasteiger charge is -2.22. The molecular weight excluding hydrogens is 320 g/mol. The van der Waals surface area contributed by atoms with Gasteiger partial charge in [0.05, 0.1) is 0 Å². The number of hydrogen-bond acceptors (Lipinski definition) is 4. The number of nitrogens with zero attached hydrogens (tertiary/aromatic N) is 2.